The van der Waals surface area contributed by atoms with E-state index in [0.29, 0.717) is 5.17 Å². The molecule has 1 aliphatic rings. The van der Waals surface area contributed by atoms with Crippen molar-refractivity contribution in [2.75, 3.05) is 14.1 Å². The fourth-order valence-corrected chi connectivity index (χ4v) is 3.27. The Bertz CT molecular complexity index is 673. The van der Waals surface area contributed by atoms with Crippen LogP contribution in [0.2, 0.25) is 0 Å². The van der Waals surface area contributed by atoms with Gasteiger partial charge in [-0.25, -0.2) is 0 Å². The molecular weight excluding hydrogens is 380 g/mol. The van der Waals surface area contributed by atoms with Crippen LogP contribution in [0.5, 0.6) is 0 Å². The molecule has 122 valence electrons. The summed E-state index contributed by atoms with van der Waals surface area (Å²) in [5, 5.41) is 10.9. The van der Waals surface area contributed by atoms with Crippen molar-refractivity contribution < 1.29 is 9.59 Å². The van der Waals surface area contributed by atoms with E-state index in [2.05, 4.69) is 31.4 Å². The maximum Gasteiger partial charge on any atom is 0.242 e. The number of benzene rings is 1. The van der Waals surface area contributed by atoms with Gasteiger partial charge in [-0.1, -0.05) is 39.8 Å². The van der Waals surface area contributed by atoms with E-state index in [1.807, 2.05) is 31.2 Å². The van der Waals surface area contributed by atoms with Crippen molar-refractivity contribution in [3.63, 3.8) is 0 Å². The molecule has 1 aromatic carbocycles. The Hall–Kier alpha value is -1.67. The summed E-state index contributed by atoms with van der Waals surface area (Å²) in [5.74, 6) is -0.297. The van der Waals surface area contributed by atoms with Crippen LogP contribution >= 0.6 is 27.7 Å². The first-order chi connectivity index (χ1) is 10.9. The fourth-order valence-electron chi connectivity index (χ4n) is 1.92. The van der Waals surface area contributed by atoms with Crippen LogP contribution in [0.25, 0.3) is 0 Å². The van der Waals surface area contributed by atoms with Crippen LogP contribution in [0.3, 0.4) is 0 Å². The van der Waals surface area contributed by atoms with E-state index in [-0.39, 0.29) is 18.2 Å². The zero-order valence-electron chi connectivity index (χ0n) is 13.0. The summed E-state index contributed by atoms with van der Waals surface area (Å²) >= 11 is 4.65. The van der Waals surface area contributed by atoms with Gasteiger partial charge in [0.1, 0.15) is 5.25 Å². The summed E-state index contributed by atoms with van der Waals surface area (Å²) in [6.07, 6.45) is 0.138. The average molecular weight is 397 g/mol. The van der Waals surface area contributed by atoms with E-state index in [9.17, 15) is 9.59 Å². The van der Waals surface area contributed by atoms with Crippen molar-refractivity contribution in [2.24, 2.45) is 10.2 Å². The maximum atomic E-state index is 12.1. The number of amidine groups is 1. The minimum atomic E-state index is -0.443. The van der Waals surface area contributed by atoms with E-state index in [0.717, 1.165) is 15.7 Å². The quantitative estimate of drug-likeness (QED) is 0.626. The Balaban J connectivity index is 2.13. The van der Waals surface area contributed by atoms with Crippen LogP contribution in [0, 0.1) is 0 Å². The van der Waals surface area contributed by atoms with Crippen molar-refractivity contribution in [1.82, 2.24) is 10.2 Å². The summed E-state index contributed by atoms with van der Waals surface area (Å²) in [5.41, 5.74) is 1.71. The number of carbonyl (C=O) groups excluding carboxylic acids is 2. The average Bonchev–Trinajstić information content (AvgIpc) is 2.81. The van der Waals surface area contributed by atoms with Gasteiger partial charge in [0.15, 0.2) is 5.17 Å². The molecule has 0 radical (unpaired) electrons. The second-order valence-electron chi connectivity index (χ2n) is 4.96. The second-order valence-corrected chi connectivity index (χ2v) is 7.04. The normalized spacial score (nSPS) is 20.3. The van der Waals surface area contributed by atoms with E-state index in [1.54, 1.807) is 14.1 Å². The van der Waals surface area contributed by atoms with Gasteiger partial charge in [0.05, 0.1) is 5.71 Å². The number of amides is 2. The van der Waals surface area contributed by atoms with Crippen molar-refractivity contribution in [3.8, 4) is 0 Å². The number of rotatable bonds is 4. The van der Waals surface area contributed by atoms with Gasteiger partial charge in [-0.15, -0.1) is 5.10 Å². The van der Waals surface area contributed by atoms with Gasteiger partial charge in [0.25, 0.3) is 0 Å². The number of nitrogens with one attached hydrogen (secondary N) is 1. The Morgan fingerprint density at radius 1 is 1.39 bits per heavy atom. The minimum Gasteiger partial charge on any atom is -0.359 e. The molecule has 8 heteroatoms. The molecule has 23 heavy (non-hydrogen) atoms. The van der Waals surface area contributed by atoms with Crippen molar-refractivity contribution in [2.45, 2.75) is 18.6 Å². The molecule has 1 fully saturated rings. The molecule has 6 nitrogen and oxygen atoms in total. The first-order valence-corrected chi connectivity index (χ1v) is 8.62. The predicted molar refractivity (Wildman–Crippen MR) is 96.6 cm³/mol. The molecule has 1 aliphatic heterocycles. The van der Waals surface area contributed by atoms with E-state index in [1.165, 1.54) is 16.7 Å². The largest absolute Gasteiger partial charge is 0.359 e. The Morgan fingerprint density at radius 2 is 2.04 bits per heavy atom. The molecule has 1 unspecified atom stereocenters. The standard InChI is InChI=1S/C15H17BrN4O2S/c1-9(10-4-6-11(16)7-5-10)18-19-15-20(3)14(22)12(23-15)8-13(21)17-2/h4-7,12H,8H2,1-3H3,(H,17,21)/b18-9+,19-15-. The van der Waals surface area contributed by atoms with E-state index in [4.69, 9.17) is 0 Å². The molecule has 1 aromatic rings. The lowest BCUT2D eigenvalue weighted by molar-refractivity contribution is -0.128. The third-order valence-electron chi connectivity index (χ3n) is 3.34. The number of nitrogens with zero attached hydrogens (tertiary/aromatic N) is 3. The van der Waals surface area contributed by atoms with Crippen LogP contribution in [0.1, 0.15) is 18.9 Å². The molecule has 2 amide bonds. The second kappa shape index (κ2) is 7.74. The number of hydrogen-bond donors (Lipinski definition) is 1. The van der Waals surface area contributed by atoms with Gasteiger partial charge >= 0.3 is 0 Å². The molecule has 1 atom stereocenters. The van der Waals surface area contributed by atoms with Crippen LogP contribution in [0.4, 0.5) is 0 Å². The van der Waals surface area contributed by atoms with Crippen LogP contribution in [-0.4, -0.2) is 46.9 Å². The summed E-state index contributed by atoms with van der Waals surface area (Å²) in [6.45, 7) is 1.86. The zero-order valence-corrected chi connectivity index (χ0v) is 15.4. The summed E-state index contributed by atoms with van der Waals surface area (Å²) < 4.78 is 0.995. The van der Waals surface area contributed by atoms with Crippen molar-refractivity contribution >= 4 is 50.4 Å². The highest BCUT2D eigenvalue weighted by Crippen LogP contribution is 2.28. The summed E-state index contributed by atoms with van der Waals surface area (Å²) in [7, 11) is 3.19. The van der Waals surface area contributed by atoms with Gasteiger partial charge in [0.2, 0.25) is 11.8 Å². The van der Waals surface area contributed by atoms with Crippen LogP contribution in [0.15, 0.2) is 38.9 Å². The van der Waals surface area contributed by atoms with Gasteiger partial charge in [-0.2, -0.15) is 5.10 Å². The first kappa shape index (κ1) is 17.7. The maximum absolute atomic E-state index is 12.1. The SMILES string of the molecule is CNC(=O)CC1S/C(=N\N=C(/C)c2ccc(Br)cc2)N(C)C1=O. The Kier molecular flexibility index (Phi) is 5.95. The topological polar surface area (TPSA) is 74.1 Å². The predicted octanol–water partition coefficient (Wildman–Crippen LogP) is 2.24. The van der Waals surface area contributed by atoms with Gasteiger partial charge < -0.3 is 5.32 Å². The van der Waals surface area contributed by atoms with Gasteiger partial charge in [-0.3, -0.25) is 14.5 Å². The number of thioether (sulfide) groups is 1. The molecule has 0 bridgehead atoms. The lowest BCUT2D eigenvalue weighted by Gasteiger charge is -2.07. The monoisotopic (exact) mass is 396 g/mol. The van der Waals surface area contributed by atoms with Gasteiger partial charge in [0, 0.05) is 25.0 Å². The highest BCUT2D eigenvalue weighted by Gasteiger charge is 2.36. The van der Waals surface area contributed by atoms with Crippen molar-refractivity contribution in [1.29, 1.82) is 0 Å². The number of hydrogen-bond acceptors (Lipinski definition) is 5. The smallest absolute Gasteiger partial charge is 0.242 e. The lowest BCUT2D eigenvalue weighted by atomic mass is 10.1. The molecule has 1 saturated heterocycles. The fraction of sp³-hybridized carbons (Fsp3) is 0.333. The lowest BCUT2D eigenvalue weighted by Crippen LogP contribution is -2.31. The summed E-state index contributed by atoms with van der Waals surface area (Å²) in [6, 6.07) is 7.74. The van der Waals surface area contributed by atoms with E-state index >= 15 is 0 Å². The molecule has 0 aromatic heterocycles. The molecule has 1 N–H and O–H groups in total. The summed E-state index contributed by atoms with van der Waals surface area (Å²) in [4.78, 5) is 25.0. The van der Waals surface area contributed by atoms with Crippen LogP contribution < -0.4 is 5.32 Å². The molecule has 2 rings (SSSR count). The molecular formula is C15H17BrN4O2S. The third kappa shape index (κ3) is 4.42. The van der Waals surface area contributed by atoms with Crippen LogP contribution in [-0.2, 0) is 9.59 Å². The Morgan fingerprint density at radius 3 is 2.65 bits per heavy atom. The van der Waals surface area contributed by atoms with Crippen molar-refractivity contribution in [3.05, 3.63) is 34.3 Å². The molecule has 0 saturated carbocycles. The van der Waals surface area contributed by atoms with Gasteiger partial charge in [-0.05, 0) is 24.6 Å². The highest BCUT2D eigenvalue weighted by atomic mass is 79.9. The molecule has 1 heterocycles. The minimum absolute atomic E-state index is 0.131. The molecule has 0 spiro atoms. The number of halogens is 1. The van der Waals surface area contributed by atoms with E-state index < -0.39 is 5.25 Å². The first-order valence-electron chi connectivity index (χ1n) is 6.95. The highest BCUT2D eigenvalue weighted by molar-refractivity contribution is 9.10. The zero-order chi connectivity index (χ0) is 17.0. The number of carbonyl (C=O) groups is 2. The third-order valence-corrected chi connectivity index (χ3v) is 5.09. The Labute approximate surface area is 147 Å². The molecule has 0 aliphatic carbocycles.